The number of nitro benzene ring substituents is 1. The average molecular weight is 1210 g/mol. The van der Waals surface area contributed by atoms with Crippen molar-refractivity contribution in [2.75, 3.05) is 6.61 Å². The van der Waals surface area contributed by atoms with E-state index in [0.717, 1.165) is 0 Å². The third kappa shape index (κ3) is 9.34. The molecule has 4 unspecified atom stereocenters. The normalized spacial score (nSPS) is 27.4. The summed E-state index contributed by atoms with van der Waals surface area (Å²) in [4.78, 5) is 10.2. The van der Waals surface area contributed by atoms with E-state index in [1.165, 1.54) is 24.3 Å². The molecule has 13 heteroatoms. The maximum absolute atomic E-state index is 10.9. The van der Waals surface area contributed by atoms with E-state index in [4.69, 9.17) is 14.6 Å². The number of benzene rings is 1. The van der Waals surface area contributed by atoms with E-state index in [0.29, 0.717) is 0 Å². The monoisotopic (exact) mass is 1210 g/mol. The molecule has 5 atom stereocenters. The summed E-state index contributed by atoms with van der Waals surface area (Å²) in [6.07, 6.45) is -7.35. The van der Waals surface area contributed by atoms with Gasteiger partial charge in [-0.15, -0.1) is 0 Å². The second kappa shape index (κ2) is 16.7. The van der Waals surface area contributed by atoms with Crippen LogP contribution in [0.3, 0.4) is 0 Å². The fraction of sp³-hybridized carbons (Fsp3) is 0.500. The summed E-state index contributed by atoms with van der Waals surface area (Å²) in [5.74, 6) is -0.160. The Hall–Kier alpha value is 3.99. The van der Waals surface area contributed by atoms with E-state index in [-0.39, 0.29) is 188 Å². The molecule has 1 aliphatic heterocycles. The fourth-order valence-electron chi connectivity index (χ4n) is 2.00. The molecule has 25 heavy (non-hydrogen) atoms. The Labute approximate surface area is 287 Å². The van der Waals surface area contributed by atoms with Gasteiger partial charge in [0.05, 0.1) is 11.5 Å². The number of hydrogen-bond donors (Lipinski definition) is 4. The molecule has 1 aromatic rings. The summed E-state index contributed by atoms with van der Waals surface area (Å²) in [5.41, 5.74) is -0.338. The van der Waals surface area contributed by atoms with Crippen LogP contribution in [0.2, 0.25) is 0 Å². The topological polar surface area (TPSA) is 143 Å². The average Bonchev–Trinajstić information content (AvgIpc) is 2.48. The predicted octanol–water partition coefficient (Wildman–Crippen LogP) is -1.23. The van der Waals surface area contributed by atoms with E-state index in [1.54, 1.807) is 0 Å². The molecule has 1 fully saturated rings. The van der Waals surface area contributed by atoms with Gasteiger partial charge in [0.15, 0.2) is 5.75 Å². The van der Waals surface area contributed by atoms with Crippen molar-refractivity contribution in [3.63, 3.8) is 0 Å². The maximum Gasteiger partial charge on any atom is 0.311 e. The van der Waals surface area contributed by atoms with Gasteiger partial charge in [-0.3, -0.25) is 10.1 Å². The first-order valence-electron chi connectivity index (χ1n) is 6.16. The molecule has 2 rings (SSSR count). The van der Waals surface area contributed by atoms with Gasteiger partial charge in [0.25, 0.3) is 0 Å². The summed E-state index contributed by atoms with van der Waals surface area (Å²) in [7, 11) is 0. The van der Waals surface area contributed by atoms with E-state index in [9.17, 15) is 25.4 Å². The predicted molar refractivity (Wildman–Crippen MR) is 67.5 cm³/mol. The summed E-state index contributed by atoms with van der Waals surface area (Å²) < 4.78 is 10.3. The SMILES string of the molecule is O=[N+]([O-])c1ccccc1OC1O[C@H](CO)C(O)C(O)C1O.[Ac].[Ac].[Ac].[Ac]. The Bertz CT molecular complexity index is 524. The van der Waals surface area contributed by atoms with Gasteiger partial charge in [-0.05, 0) is 6.07 Å². The van der Waals surface area contributed by atoms with Crippen molar-refractivity contribution < 1.29 is 211 Å². The number of aliphatic hydroxyl groups is 4. The van der Waals surface area contributed by atoms with Gasteiger partial charge in [0, 0.05) is 182 Å². The Morgan fingerprint density at radius 3 is 2.12 bits per heavy atom. The number of hydrogen-bond acceptors (Lipinski definition) is 8. The molecule has 0 aromatic heterocycles. The first-order valence-corrected chi connectivity index (χ1v) is 6.16. The number of rotatable bonds is 4. The molecule has 0 bridgehead atoms. The van der Waals surface area contributed by atoms with E-state index in [1.807, 2.05) is 0 Å². The van der Waals surface area contributed by atoms with Crippen LogP contribution in [0.1, 0.15) is 0 Å². The van der Waals surface area contributed by atoms with Crippen molar-refractivity contribution in [3.05, 3.63) is 34.4 Å². The molecule has 1 heterocycles. The van der Waals surface area contributed by atoms with Crippen molar-refractivity contribution in [3.8, 4) is 5.75 Å². The minimum Gasteiger partial charge on any atom is -0.455 e. The van der Waals surface area contributed by atoms with Crippen LogP contribution in [0.5, 0.6) is 5.75 Å². The van der Waals surface area contributed by atoms with Crippen LogP contribution in [0, 0.1) is 186 Å². The molecule has 0 spiro atoms. The zero-order valence-electron chi connectivity index (χ0n) is 13.1. The van der Waals surface area contributed by atoms with Crippen molar-refractivity contribution in [1.82, 2.24) is 0 Å². The molecule has 0 amide bonds. The van der Waals surface area contributed by atoms with Crippen molar-refractivity contribution in [2.45, 2.75) is 30.7 Å². The number of aliphatic hydroxyl groups excluding tert-OH is 4. The summed E-state index contributed by atoms with van der Waals surface area (Å²) in [6, 6.07) is 5.45. The number of nitro groups is 1. The summed E-state index contributed by atoms with van der Waals surface area (Å²) in [5, 5.41) is 49.0. The van der Waals surface area contributed by atoms with Crippen LogP contribution in [0.4, 0.5) is 5.69 Å². The zero-order valence-corrected chi connectivity index (χ0v) is 32.1. The molecule has 0 saturated carbocycles. The van der Waals surface area contributed by atoms with Crippen LogP contribution in [0.15, 0.2) is 24.3 Å². The molecule has 128 valence electrons. The number of nitrogens with zero attached hydrogens (tertiary/aromatic N) is 1. The van der Waals surface area contributed by atoms with E-state index in [2.05, 4.69) is 0 Å². The van der Waals surface area contributed by atoms with Gasteiger partial charge in [-0.1, -0.05) is 12.1 Å². The first kappa shape index (κ1) is 33.6. The maximum atomic E-state index is 10.9. The largest absolute Gasteiger partial charge is 0.455 e. The second-order valence-electron chi connectivity index (χ2n) is 4.54. The van der Waals surface area contributed by atoms with Gasteiger partial charge in [-0.2, -0.15) is 0 Å². The van der Waals surface area contributed by atoms with E-state index < -0.39 is 42.2 Å². The van der Waals surface area contributed by atoms with E-state index >= 15 is 0 Å². The van der Waals surface area contributed by atoms with Crippen LogP contribution < -0.4 is 4.74 Å². The number of para-hydroxylation sites is 2. The summed E-state index contributed by atoms with van der Waals surface area (Å²) >= 11 is 0. The smallest absolute Gasteiger partial charge is 0.311 e. The van der Waals surface area contributed by atoms with Gasteiger partial charge in [0.1, 0.15) is 24.4 Å². The van der Waals surface area contributed by atoms with Gasteiger partial charge < -0.3 is 29.9 Å². The minimum absolute atomic E-state index is 0. The molecular weight excluding hydrogens is 1190 g/mol. The third-order valence-corrected chi connectivity index (χ3v) is 3.15. The Morgan fingerprint density at radius 1 is 1.04 bits per heavy atom. The standard InChI is InChI=1S/C12H15NO8.4Ac/c14-5-8-9(15)10(16)11(17)12(21-8)20-7-4-2-1-3-6(7)13(18)19;;;;/h1-4,8-12,14-17H,5H2;;;;/t8-,9?,10?,11?,12?;;;;/m1..../s1. The quantitative estimate of drug-likeness (QED) is 0.218. The molecule has 9 nitrogen and oxygen atoms in total. The van der Waals surface area contributed by atoms with Gasteiger partial charge in [-0.25, -0.2) is 0 Å². The van der Waals surface area contributed by atoms with Crippen molar-refractivity contribution in [1.29, 1.82) is 0 Å². The van der Waals surface area contributed by atoms with Crippen LogP contribution in [0.25, 0.3) is 0 Å². The molecule has 1 aromatic carbocycles. The molecule has 4 N–H and O–H groups in total. The van der Waals surface area contributed by atoms with Crippen LogP contribution >= 0.6 is 0 Å². The van der Waals surface area contributed by atoms with Crippen molar-refractivity contribution >= 4 is 5.69 Å². The number of ether oxygens (including phenoxy) is 2. The first-order chi connectivity index (χ1) is 9.95. The molecular formula is C12H15Ac4NO8. The Balaban J connectivity index is -0.00000121. The summed E-state index contributed by atoms with van der Waals surface area (Å²) in [6.45, 7) is -0.609. The fourth-order valence-corrected chi connectivity index (χ4v) is 2.00. The van der Waals surface area contributed by atoms with Crippen LogP contribution in [-0.2, 0) is 4.74 Å². The van der Waals surface area contributed by atoms with Gasteiger partial charge >= 0.3 is 5.69 Å². The minimum atomic E-state index is -1.62. The molecule has 0 aliphatic carbocycles. The third-order valence-electron chi connectivity index (χ3n) is 3.15. The Morgan fingerprint density at radius 2 is 1.60 bits per heavy atom. The molecule has 1 saturated heterocycles. The van der Waals surface area contributed by atoms with Gasteiger partial charge in [0.2, 0.25) is 6.29 Å². The van der Waals surface area contributed by atoms with Crippen LogP contribution in [-0.4, -0.2) is 62.7 Å². The molecule has 4 radical (unpaired) electrons. The zero-order chi connectivity index (χ0) is 15.6. The second-order valence-corrected chi connectivity index (χ2v) is 4.54. The molecule has 1 aliphatic rings. The van der Waals surface area contributed by atoms with Crippen molar-refractivity contribution in [2.24, 2.45) is 0 Å². The Kier molecular flexibility index (Phi) is 22.4.